The van der Waals surface area contributed by atoms with Crippen LogP contribution in [-0.2, 0) is 5.41 Å². The fourth-order valence-electron chi connectivity index (χ4n) is 3.94. The highest BCUT2D eigenvalue weighted by Gasteiger charge is 2.55. The second-order valence-corrected chi connectivity index (χ2v) is 6.42. The molecule has 2 aliphatic rings. The molecule has 1 saturated carbocycles. The van der Waals surface area contributed by atoms with Crippen LogP contribution in [0.3, 0.4) is 0 Å². The summed E-state index contributed by atoms with van der Waals surface area (Å²) in [7, 11) is 0. The van der Waals surface area contributed by atoms with E-state index in [9.17, 15) is 4.79 Å². The van der Waals surface area contributed by atoms with Crippen LogP contribution in [0.25, 0.3) is 0 Å². The van der Waals surface area contributed by atoms with Gasteiger partial charge in [-0.3, -0.25) is 4.79 Å². The number of fused-ring (bicyclic) bond motifs is 1. The molecule has 0 unspecified atom stereocenters. The number of carbonyl (C=O) groups is 1. The van der Waals surface area contributed by atoms with E-state index in [1.807, 2.05) is 18.7 Å². The minimum atomic E-state index is -0.186. The molecule has 2 aromatic rings. The molecule has 22 heavy (non-hydrogen) atoms. The van der Waals surface area contributed by atoms with Crippen LogP contribution in [-0.4, -0.2) is 39.2 Å². The van der Waals surface area contributed by atoms with Gasteiger partial charge < -0.3 is 13.9 Å². The summed E-state index contributed by atoms with van der Waals surface area (Å²) in [6.45, 7) is 4.99. The summed E-state index contributed by atoms with van der Waals surface area (Å²) < 4.78 is 10.4. The third-order valence-electron chi connectivity index (χ3n) is 5.06. The van der Waals surface area contributed by atoms with E-state index in [1.54, 1.807) is 0 Å². The Hall–Kier alpha value is -2.18. The molecule has 2 aromatic heterocycles. The first-order valence-corrected chi connectivity index (χ1v) is 7.61. The third kappa shape index (κ3) is 1.81. The average molecular weight is 302 g/mol. The molecule has 4 rings (SSSR count). The molecule has 0 N–H and O–H groups in total. The van der Waals surface area contributed by atoms with E-state index in [-0.39, 0.29) is 11.3 Å². The van der Waals surface area contributed by atoms with Gasteiger partial charge in [-0.2, -0.15) is 4.98 Å². The molecule has 1 aliphatic heterocycles. The Labute approximate surface area is 127 Å². The molecular formula is C15H18N4O3. The predicted octanol–water partition coefficient (Wildman–Crippen LogP) is 1.87. The van der Waals surface area contributed by atoms with Gasteiger partial charge in [-0.25, -0.2) is 0 Å². The lowest BCUT2D eigenvalue weighted by atomic mass is 9.80. The van der Waals surface area contributed by atoms with Crippen molar-refractivity contribution in [3.63, 3.8) is 0 Å². The smallest absolute Gasteiger partial charge is 0.276 e. The number of hydrogen-bond acceptors (Lipinski definition) is 6. The van der Waals surface area contributed by atoms with Crippen molar-refractivity contribution < 1.29 is 13.8 Å². The Kier molecular flexibility index (Phi) is 2.85. The van der Waals surface area contributed by atoms with Crippen molar-refractivity contribution in [2.24, 2.45) is 5.92 Å². The summed E-state index contributed by atoms with van der Waals surface area (Å²) in [6, 6.07) is 0. The minimum Gasteiger partial charge on any atom is -0.364 e. The summed E-state index contributed by atoms with van der Waals surface area (Å²) in [5.74, 6) is 1.63. The maximum absolute atomic E-state index is 12.7. The molecule has 2 fully saturated rings. The standard InChI is InChI=1S/C15H18N4O3/c1-9-7-21-18-12(9)13(20)19-6-11-4-3-5-15(11,8-19)14-16-10(2)17-22-14/h7,11H,3-6,8H2,1-2H3/t11-,15-/m0/s1. The second-order valence-electron chi connectivity index (χ2n) is 6.42. The molecule has 7 heteroatoms. The van der Waals surface area contributed by atoms with E-state index >= 15 is 0 Å². The van der Waals surface area contributed by atoms with Crippen LogP contribution in [0.15, 0.2) is 15.3 Å². The fourth-order valence-corrected chi connectivity index (χ4v) is 3.94. The van der Waals surface area contributed by atoms with Crippen LogP contribution < -0.4 is 0 Å². The number of nitrogens with zero attached hydrogens (tertiary/aromatic N) is 4. The van der Waals surface area contributed by atoms with Gasteiger partial charge in [0.1, 0.15) is 6.26 Å². The number of hydrogen-bond donors (Lipinski definition) is 0. The molecule has 0 bridgehead atoms. The van der Waals surface area contributed by atoms with Gasteiger partial charge in [0.2, 0.25) is 5.89 Å². The van der Waals surface area contributed by atoms with Gasteiger partial charge in [0.25, 0.3) is 5.91 Å². The molecular weight excluding hydrogens is 284 g/mol. The number of amides is 1. The molecule has 1 saturated heterocycles. The first kappa shape index (κ1) is 13.5. The number of aryl methyl sites for hydroxylation is 2. The highest BCUT2D eigenvalue weighted by molar-refractivity contribution is 5.93. The van der Waals surface area contributed by atoms with Gasteiger partial charge >= 0.3 is 0 Å². The zero-order valence-electron chi connectivity index (χ0n) is 12.7. The van der Waals surface area contributed by atoms with Crippen molar-refractivity contribution in [2.45, 2.75) is 38.5 Å². The summed E-state index contributed by atoms with van der Waals surface area (Å²) in [4.78, 5) is 19.0. The highest BCUT2D eigenvalue weighted by atomic mass is 16.5. The zero-order valence-corrected chi connectivity index (χ0v) is 12.7. The molecule has 1 aliphatic carbocycles. The number of likely N-dealkylation sites (tertiary alicyclic amines) is 1. The molecule has 0 radical (unpaired) electrons. The van der Waals surface area contributed by atoms with E-state index in [2.05, 4.69) is 15.3 Å². The fraction of sp³-hybridized carbons (Fsp3) is 0.600. The Morgan fingerprint density at radius 2 is 2.27 bits per heavy atom. The van der Waals surface area contributed by atoms with Gasteiger partial charge in [0, 0.05) is 18.7 Å². The summed E-state index contributed by atoms with van der Waals surface area (Å²) in [5.41, 5.74) is 0.982. The molecule has 0 aromatic carbocycles. The van der Waals surface area contributed by atoms with Crippen LogP contribution in [0, 0.1) is 19.8 Å². The van der Waals surface area contributed by atoms with Gasteiger partial charge in [-0.15, -0.1) is 0 Å². The van der Waals surface area contributed by atoms with E-state index in [0.29, 0.717) is 36.4 Å². The quantitative estimate of drug-likeness (QED) is 0.842. The van der Waals surface area contributed by atoms with Crippen LogP contribution in [0.2, 0.25) is 0 Å². The lowest BCUT2D eigenvalue weighted by Crippen LogP contribution is -2.35. The predicted molar refractivity (Wildman–Crippen MR) is 75.2 cm³/mol. The van der Waals surface area contributed by atoms with Crippen LogP contribution in [0.5, 0.6) is 0 Å². The van der Waals surface area contributed by atoms with Crippen LogP contribution in [0.1, 0.15) is 47.0 Å². The van der Waals surface area contributed by atoms with Crippen molar-refractivity contribution in [1.29, 1.82) is 0 Å². The van der Waals surface area contributed by atoms with Gasteiger partial charge in [-0.1, -0.05) is 16.7 Å². The Bertz CT molecular complexity index is 722. The summed E-state index contributed by atoms with van der Waals surface area (Å²) >= 11 is 0. The van der Waals surface area contributed by atoms with E-state index in [4.69, 9.17) is 9.05 Å². The first-order valence-electron chi connectivity index (χ1n) is 7.61. The molecule has 2 atom stereocenters. The molecule has 3 heterocycles. The molecule has 7 nitrogen and oxygen atoms in total. The average Bonchev–Trinajstić information content (AvgIpc) is 3.19. The van der Waals surface area contributed by atoms with E-state index in [1.165, 1.54) is 6.26 Å². The van der Waals surface area contributed by atoms with Gasteiger partial charge in [0.05, 0.1) is 5.41 Å². The maximum atomic E-state index is 12.7. The van der Waals surface area contributed by atoms with Gasteiger partial charge in [0.15, 0.2) is 11.5 Å². The van der Waals surface area contributed by atoms with Crippen LogP contribution in [0.4, 0.5) is 0 Å². The largest absolute Gasteiger partial charge is 0.364 e. The third-order valence-corrected chi connectivity index (χ3v) is 5.06. The first-order chi connectivity index (χ1) is 10.6. The number of rotatable bonds is 2. The van der Waals surface area contributed by atoms with Crippen molar-refractivity contribution in [2.75, 3.05) is 13.1 Å². The SMILES string of the molecule is Cc1noc([C@]23CCC[C@H]2CN(C(=O)c2nocc2C)C3)n1. The monoisotopic (exact) mass is 302 g/mol. The van der Waals surface area contributed by atoms with Crippen LogP contribution >= 0.6 is 0 Å². The molecule has 1 amide bonds. The van der Waals surface area contributed by atoms with E-state index in [0.717, 1.165) is 24.8 Å². The number of aromatic nitrogens is 3. The Morgan fingerprint density at radius 1 is 1.41 bits per heavy atom. The zero-order chi connectivity index (χ0) is 15.3. The van der Waals surface area contributed by atoms with E-state index < -0.39 is 0 Å². The highest BCUT2D eigenvalue weighted by Crippen LogP contribution is 2.50. The Morgan fingerprint density at radius 3 is 2.95 bits per heavy atom. The van der Waals surface area contributed by atoms with Crippen molar-refractivity contribution >= 4 is 5.91 Å². The van der Waals surface area contributed by atoms with Crippen molar-refractivity contribution in [3.8, 4) is 0 Å². The normalized spacial score (nSPS) is 27.4. The van der Waals surface area contributed by atoms with Crippen molar-refractivity contribution in [1.82, 2.24) is 20.2 Å². The number of carbonyl (C=O) groups excluding carboxylic acids is 1. The lowest BCUT2D eigenvalue weighted by Gasteiger charge is -2.23. The summed E-state index contributed by atoms with van der Waals surface area (Å²) in [5, 5.41) is 7.77. The molecule has 116 valence electrons. The van der Waals surface area contributed by atoms with Gasteiger partial charge in [-0.05, 0) is 32.6 Å². The summed E-state index contributed by atoms with van der Waals surface area (Å²) in [6.07, 6.45) is 4.71. The lowest BCUT2D eigenvalue weighted by molar-refractivity contribution is 0.0764. The topological polar surface area (TPSA) is 85.3 Å². The molecule has 0 spiro atoms. The Balaban J connectivity index is 1.65. The maximum Gasteiger partial charge on any atom is 0.276 e. The minimum absolute atomic E-state index is 0.0729. The van der Waals surface area contributed by atoms with Crippen molar-refractivity contribution in [3.05, 3.63) is 29.2 Å². The second kappa shape index (κ2) is 4.66.